The number of hydrogen-bond donors (Lipinski definition) is 1. The normalized spacial score (nSPS) is 18.8. The first kappa shape index (κ1) is 19.8. The number of ether oxygens (including phenoxy) is 1. The van der Waals surface area contributed by atoms with Crippen LogP contribution < -0.4 is 4.74 Å². The van der Waals surface area contributed by atoms with Gasteiger partial charge in [-0.15, -0.1) is 0 Å². The Morgan fingerprint density at radius 1 is 1.37 bits per heavy atom. The molecule has 1 aliphatic heterocycles. The van der Waals surface area contributed by atoms with Crippen molar-refractivity contribution in [2.45, 2.75) is 44.7 Å². The number of pyridine rings is 1. The number of halogens is 1. The molecule has 1 N–H and O–H groups in total. The molecule has 1 aliphatic rings. The highest BCUT2D eigenvalue weighted by Gasteiger charge is 2.35. The minimum absolute atomic E-state index is 0.111. The fraction of sp³-hybridized carbons (Fsp3) is 0.429. The molecule has 1 aromatic carbocycles. The molecule has 1 aromatic heterocycles. The zero-order valence-electron chi connectivity index (χ0n) is 15.5. The van der Waals surface area contributed by atoms with E-state index < -0.39 is 12.0 Å². The quantitative estimate of drug-likeness (QED) is 0.699. The molecule has 2 atom stereocenters. The first-order chi connectivity index (χ1) is 13.1. The van der Waals surface area contributed by atoms with E-state index in [9.17, 15) is 9.90 Å². The van der Waals surface area contributed by atoms with E-state index in [2.05, 4.69) is 25.8 Å². The number of nitrogens with zero attached hydrogens (tertiary/aromatic N) is 2. The zero-order chi connectivity index (χ0) is 19.2. The van der Waals surface area contributed by atoms with E-state index in [0.717, 1.165) is 40.9 Å². The van der Waals surface area contributed by atoms with Crippen LogP contribution in [0.25, 0.3) is 0 Å². The summed E-state index contributed by atoms with van der Waals surface area (Å²) in [6.07, 6.45) is 5.04. The molecular formula is C21H25BrN2O3. The summed E-state index contributed by atoms with van der Waals surface area (Å²) < 4.78 is 6.84. The van der Waals surface area contributed by atoms with Crippen molar-refractivity contribution in [3.8, 4) is 5.75 Å². The third-order valence-corrected chi connectivity index (χ3v) is 5.48. The van der Waals surface area contributed by atoms with E-state index in [0.29, 0.717) is 19.4 Å². The van der Waals surface area contributed by atoms with Gasteiger partial charge in [0.15, 0.2) is 0 Å². The third kappa shape index (κ3) is 4.87. The molecule has 2 aromatic rings. The first-order valence-electron chi connectivity index (χ1n) is 9.41. The van der Waals surface area contributed by atoms with Crippen LogP contribution in [-0.4, -0.2) is 40.2 Å². The molecule has 0 aliphatic carbocycles. The molecule has 1 saturated heterocycles. The number of carbonyl (C=O) groups is 1. The van der Waals surface area contributed by atoms with Crippen LogP contribution in [0.5, 0.6) is 5.75 Å². The summed E-state index contributed by atoms with van der Waals surface area (Å²) in [6.45, 7) is 3.28. The van der Waals surface area contributed by atoms with Crippen LogP contribution in [0.15, 0.2) is 47.1 Å². The van der Waals surface area contributed by atoms with Gasteiger partial charge in [-0.1, -0.05) is 28.4 Å². The smallest absolute Gasteiger partial charge is 0.320 e. The Labute approximate surface area is 168 Å². The molecule has 0 saturated carbocycles. The monoisotopic (exact) mass is 432 g/mol. The van der Waals surface area contributed by atoms with E-state index in [1.165, 1.54) is 0 Å². The predicted molar refractivity (Wildman–Crippen MR) is 108 cm³/mol. The van der Waals surface area contributed by atoms with Gasteiger partial charge >= 0.3 is 5.97 Å². The minimum atomic E-state index is -0.756. The van der Waals surface area contributed by atoms with E-state index in [1.54, 1.807) is 6.20 Å². The van der Waals surface area contributed by atoms with Gasteiger partial charge in [-0.05, 0) is 56.6 Å². The maximum absolute atomic E-state index is 11.9. The first-order valence-corrected chi connectivity index (χ1v) is 10.2. The Kier molecular flexibility index (Phi) is 6.85. The second kappa shape index (κ2) is 9.33. The van der Waals surface area contributed by atoms with Crippen LogP contribution in [-0.2, 0) is 11.2 Å². The van der Waals surface area contributed by atoms with Gasteiger partial charge in [0, 0.05) is 34.4 Å². The van der Waals surface area contributed by atoms with Crippen LogP contribution in [0.4, 0.5) is 0 Å². The number of piperidine rings is 1. The fourth-order valence-corrected chi connectivity index (χ4v) is 4.16. The molecule has 2 unspecified atom stereocenters. The number of carboxylic acid groups (broad SMARTS) is 1. The average molecular weight is 433 g/mol. The van der Waals surface area contributed by atoms with Gasteiger partial charge in [0.05, 0.1) is 6.61 Å². The molecule has 1 fully saturated rings. The van der Waals surface area contributed by atoms with E-state index in [1.807, 2.05) is 43.3 Å². The highest BCUT2D eigenvalue weighted by Crippen LogP contribution is 2.37. The largest absolute Gasteiger partial charge is 0.494 e. The summed E-state index contributed by atoms with van der Waals surface area (Å²) in [6, 6.07) is 11.2. The molecule has 6 heteroatoms. The van der Waals surface area contributed by atoms with Crippen molar-refractivity contribution in [2.75, 3.05) is 13.2 Å². The van der Waals surface area contributed by atoms with E-state index in [4.69, 9.17) is 4.74 Å². The van der Waals surface area contributed by atoms with Crippen molar-refractivity contribution >= 4 is 21.9 Å². The standard InChI is InChI=1S/C21H25BrN2O3/c1-2-27-20-10-9-15(22)13-17(20)19(14-16-7-3-5-11-23-16)24-12-6-4-8-18(24)21(25)26/h3,5,7,9-11,13,18-19H,2,4,6,8,12,14H2,1H3,(H,25,26). The highest BCUT2D eigenvalue weighted by molar-refractivity contribution is 9.10. The lowest BCUT2D eigenvalue weighted by Crippen LogP contribution is -2.47. The number of rotatable bonds is 7. The second-order valence-electron chi connectivity index (χ2n) is 6.74. The number of aromatic nitrogens is 1. The summed E-state index contributed by atoms with van der Waals surface area (Å²) >= 11 is 3.56. The zero-order valence-corrected chi connectivity index (χ0v) is 17.1. The molecule has 0 radical (unpaired) electrons. The molecule has 0 amide bonds. The topological polar surface area (TPSA) is 62.7 Å². The predicted octanol–water partition coefficient (Wildman–Crippen LogP) is 4.47. The third-order valence-electron chi connectivity index (χ3n) is 4.99. The van der Waals surface area contributed by atoms with Crippen LogP contribution in [0.1, 0.15) is 43.5 Å². The van der Waals surface area contributed by atoms with Gasteiger partial charge in [-0.2, -0.15) is 0 Å². The molecular weight excluding hydrogens is 408 g/mol. The SMILES string of the molecule is CCOc1ccc(Br)cc1C(Cc1ccccn1)N1CCCCC1C(=O)O. The molecule has 0 bridgehead atoms. The van der Waals surface area contributed by atoms with Crippen LogP contribution in [0, 0.1) is 0 Å². The Morgan fingerprint density at radius 2 is 2.22 bits per heavy atom. The maximum Gasteiger partial charge on any atom is 0.320 e. The molecule has 5 nitrogen and oxygen atoms in total. The lowest BCUT2D eigenvalue weighted by atomic mass is 9.93. The average Bonchev–Trinajstić information content (AvgIpc) is 2.68. The molecule has 0 spiro atoms. The van der Waals surface area contributed by atoms with Gasteiger partial charge in [0.25, 0.3) is 0 Å². The lowest BCUT2D eigenvalue weighted by molar-refractivity contribution is -0.146. The number of carboxylic acids is 1. The Hall–Kier alpha value is -1.92. The number of hydrogen-bond acceptors (Lipinski definition) is 4. The molecule has 27 heavy (non-hydrogen) atoms. The summed E-state index contributed by atoms with van der Waals surface area (Å²) in [7, 11) is 0. The minimum Gasteiger partial charge on any atom is -0.494 e. The van der Waals surface area contributed by atoms with Gasteiger partial charge in [-0.3, -0.25) is 14.7 Å². The number of likely N-dealkylation sites (tertiary alicyclic amines) is 1. The van der Waals surface area contributed by atoms with Gasteiger partial charge in [0.2, 0.25) is 0 Å². The van der Waals surface area contributed by atoms with Crippen molar-refractivity contribution in [3.63, 3.8) is 0 Å². The Bertz CT molecular complexity index is 769. The number of benzene rings is 1. The molecule has 144 valence electrons. The van der Waals surface area contributed by atoms with Crippen molar-refractivity contribution in [2.24, 2.45) is 0 Å². The summed E-state index contributed by atoms with van der Waals surface area (Å²) in [4.78, 5) is 18.5. The number of aliphatic carboxylic acids is 1. The summed E-state index contributed by atoms with van der Waals surface area (Å²) in [5, 5.41) is 9.80. The lowest BCUT2D eigenvalue weighted by Gasteiger charge is -2.39. The van der Waals surface area contributed by atoms with Crippen molar-refractivity contribution < 1.29 is 14.6 Å². The van der Waals surface area contributed by atoms with Gasteiger partial charge in [0.1, 0.15) is 11.8 Å². The van der Waals surface area contributed by atoms with Crippen molar-refractivity contribution in [1.29, 1.82) is 0 Å². The molecule has 2 heterocycles. The van der Waals surface area contributed by atoms with Gasteiger partial charge < -0.3 is 9.84 Å². The van der Waals surface area contributed by atoms with Crippen LogP contribution >= 0.6 is 15.9 Å². The van der Waals surface area contributed by atoms with E-state index in [-0.39, 0.29) is 6.04 Å². The molecule has 3 rings (SSSR count). The van der Waals surface area contributed by atoms with Crippen LogP contribution in [0.3, 0.4) is 0 Å². The fourth-order valence-electron chi connectivity index (χ4n) is 3.78. The Morgan fingerprint density at radius 3 is 2.93 bits per heavy atom. The van der Waals surface area contributed by atoms with Crippen molar-refractivity contribution in [3.05, 3.63) is 58.3 Å². The highest BCUT2D eigenvalue weighted by atomic mass is 79.9. The van der Waals surface area contributed by atoms with Crippen molar-refractivity contribution in [1.82, 2.24) is 9.88 Å². The summed E-state index contributed by atoms with van der Waals surface area (Å²) in [5.74, 6) is 0.0463. The summed E-state index contributed by atoms with van der Waals surface area (Å²) in [5.41, 5.74) is 1.95. The second-order valence-corrected chi connectivity index (χ2v) is 7.66. The van der Waals surface area contributed by atoms with Gasteiger partial charge in [-0.25, -0.2) is 0 Å². The maximum atomic E-state index is 11.9. The Balaban J connectivity index is 2.04. The van der Waals surface area contributed by atoms with Crippen LogP contribution in [0.2, 0.25) is 0 Å². The van der Waals surface area contributed by atoms with E-state index >= 15 is 0 Å².